The number of benzene rings is 1. The quantitative estimate of drug-likeness (QED) is 0.229. The van der Waals surface area contributed by atoms with Gasteiger partial charge in [-0.2, -0.15) is 0 Å². The summed E-state index contributed by atoms with van der Waals surface area (Å²) in [7, 11) is 0. The Labute approximate surface area is 162 Å². The number of unbranched alkanes of at least 4 members (excludes halogenated alkanes) is 9. The van der Waals surface area contributed by atoms with Gasteiger partial charge in [0.15, 0.2) is 0 Å². The minimum atomic E-state index is -0.683. The fourth-order valence-corrected chi connectivity index (χ4v) is 3.80. The Hall–Kier alpha value is -0.830. The Morgan fingerprint density at radius 1 is 0.800 bits per heavy atom. The average Bonchev–Trinajstić information content (AvgIpc) is 2.62. The molecule has 142 valence electrons. The number of carbonyl (C=O) groups is 1. The maximum Gasteiger partial charge on any atom is 0.303 e. The molecule has 3 heteroatoms. The first kappa shape index (κ1) is 22.2. The number of alkyl halides is 1. The van der Waals surface area contributed by atoms with Crippen LogP contribution in [0.2, 0.25) is 0 Å². The van der Waals surface area contributed by atoms with Gasteiger partial charge in [-0.3, -0.25) is 4.79 Å². The molecule has 1 unspecified atom stereocenters. The second-order valence-electron chi connectivity index (χ2n) is 7.05. The molecule has 2 nitrogen and oxygen atoms in total. The molecule has 0 bridgehead atoms. The van der Waals surface area contributed by atoms with Crippen molar-refractivity contribution in [3.05, 3.63) is 35.9 Å². The van der Waals surface area contributed by atoms with E-state index in [2.05, 4.69) is 40.2 Å². The van der Waals surface area contributed by atoms with Gasteiger partial charge in [0.25, 0.3) is 0 Å². The zero-order valence-electron chi connectivity index (χ0n) is 15.6. The van der Waals surface area contributed by atoms with E-state index in [1.165, 1.54) is 69.8 Å². The molecule has 0 saturated carbocycles. The molecule has 0 amide bonds. The van der Waals surface area contributed by atoms with Gasteiger partial charge in [-0.1, -0.05) is 104 Å². The van der Waals surface area contributed by atoms with Crippen molar-refractivity contribution in [1.82, 2.24) is 0 Å². The lowest BCUT2D eigenvalue weighted by Crippen LogP contribution is -2.03. The van der Waals surface area contributed by atoms with Gasteiger partial charge in [0.1, 0.15) is 0 Å². The van der Waals surface area contributed by atoms with Gasteiger partial charge in [-0.25, -0.2) is 0 Å². The Morgan fingerprint density at radius 2 is 1.32 bits per heavy atom. The summed E-state index contributed by atoms with van der Waals surface area (Å²) in [5.74, 6) is -0.288. The first-order chi connectivity index (χ1) is 12.2. The van der Waals surface area contributed by atoms with Gasteiger partial charge in [0.2, 0.25) is 0 Å². The van der Waals surface area contributed by atoms with Crippen LogP contribution in [0.25, 0.3) is 0 Å². The summed E-state index contributed by atoms with van der Waals surface area (Å²) in [5.41, 5.74) is 1.30. The number of carboxylic acids is 1. The minimum Gasteiger partial charge on any atom is -0.481 e. The van der Waals surface area contributed by atoms with Crippen LogP contribution in [0.4, 0.5) is 0 Å². The molecule has 0 fully saturated rings. The van der Waals surface area contributed by atoms with E-state index in [0.717, 1.165) is 18.2 Å². The van der Waals surface area contributed by atoms with E-state index in [0.29, 0.717) is 5.92 Å². The standard InChI is InChI=1S/C22H35BrO2/c23-19-13-8-6-4-2-1-3-5-7-10-16-21(17-18-22(24)25)20-14-11-9-12-15-20/h9,11-12,14-15,21H,1-8,10,13,16-19H2,(H,24,25). The topological polar surface area (TPSA) is 37.3 Å². The molecule has 1 atom stereocenters. The normalized spacial score (nSPS) is 12.2. The minimum absolute atomic E-state index is 0.272. The maximum absolute atomic E-state index is 10.9. The van der Waals surface area contributed by atoms with Crippen molar-refractivity contribution in [3.8, 4) is 0 Å². The van der Waals surface area contributed by atoms with Crippen molar-refractivity contribution >= 4 is 21.9 Å². The van der Waals surface area contributed by atoms with Crippen LogP contribution >= 0.6 is 15.9 Å². The third-order valence-corrected chi connectivity index (χ3v) is 5.47. The molecule has 1 rings (SSSR count). The van der Waals surface area contributed by atoms with Crippen LogP contribution in [-0.2, 0) is 4.79 Å². The summed E-state index contributed by atoms with van der Waals surface area (Å²) >= 11 is 3.48. The molecule has 1 aromatic rings. The fraction of sp³-hybridized carbons (Fsp3) is 0.682. The largest absolute Gasteiger partial charge is 0.481 e. The molecule has 0 saturated heterocycles. The van der Waals surface area contributed by atoms with Gasteiger partial charge in [0, 0.05) is 11.8 Å². The van der Waals surface area contributed by atoms with Crippen molar-refractivity contribution in [2.45, 2.75) is 89.4 Å². The Bertz CT molecular complexity index is 433. The zero-order chi connectivity index (χ0) is 18.2. The first-order valence-electron chi connectivity index (χ1n) is 10.1. The van der Waals surface area contributed by atoms with Crippen LogP contribution in [0, 0.1) is 0 Å². The molecule has 0 radical (unpaired) electrons. The summed E-state index contributed by atoms with van der Waals surface area (Å²) in [6.07, 6.45) is 15.5. The number of aliphatic carboxylic acids is 1. The highest BCUT2D eigenvalue weighted by molar-refractivity contribution is 9.09. The van der Waals surface area contributed by atoms with E-state index in [1.807, 2.05) is 6.07 Å². The van der Waals surface area contributed by atoms with E-state index in [-0.39, 0.29) is 6.42 Å². The number of carboxylic acid groups (broad SMARTS) is 1. The van der Waals surface area contributed by atoms with Crippen molar-refractivity contribution in [1.29, 1.82) is 0 Å². The fourth-order valence-electron chi connectivity index (χ4n) is 3.40. The van der Waals surface area contributed by atoms with E-state index >= 15 is 0 Å². The predicted octanol–water partition coefficient (Wildman–Crippen LogP) is 7.32. The lowest BCUT2D eigenvalue weighted by atomic mass is 9.89. The second kappa shape index (κ2) is 15.4. The average molecular weight is 411 g/mol. The summed E-state index contributed by atoms with van der Waals surface area (Å²) < 4.78 is 0. The summed E-state index contributed by atoms with van der Waals surface area (Å²) in [6, 6.07) is 10.4. The summed E-state index contributed by atoms with van der Waals surface area (Å²) in [5, 5.41) is 10.1. The highest BCUT2D eigenvalue weighted by Crippen LogP contribution is 2.27. The Kier molecular flexibility index (Phi) is 13.7. The smallest absolute Gasteiger partial charge is 0.303 e. The van der Waals surface area contributed by atoms with E-state index < -0.39 is 5.97 Å². The van der Waals surface area contributed by atoms with Gasteiger partial charge in [-0.15, -0.1) is 0 Å². The maximum atomic E-state index is 10.9. The molecule has 1 N–H and O–H groups in total. The number of rotatable bonds is 16. The SMILES string of the molecule is O=C(O)CCC(CCCCCCCCCCCCBr)c1ccccc1. The second-order valence-corrected chi connectivity index (χ2v) is 7.85. The van der Waals surface area contributed by atoms with Gasteiger partial charge in [0.05, 0.1) is 0 Å². The number of hydrogen-bond donors (Lipinski definition) is 1. The molecule has 0 spiro atoms. The van der Waals surface area contributed by atoms with Gasteiger partial charge >= 0.3 is 5.97 Å². The van der Waals surface area contributed by atoms with Gasteiger partial charge in [-0.05, 0) is 30.7 Å². The molecule has 0 aliphatic carbocycles. The zero-order valence-corrected chi connectivity index (χ0v) is 17.2. The lowest BCUT2D eigenvalue weighted by molar-refractivity contribution is -0.137. The van der Waals surface area contributed by atoms with Crippen molar-refractivity contribution in [2.75, 3.05) is 5.33 Å². The monoisotopic (exact) mass is 410 g/mol. The molecule has 1 aromatic carbocycles. The number of hydrogen-bond acceptors (Lipinski definition) is 1. The van der Waals surface area contributed by atoms with Crippen molar-refractivity contribution < 1.29 is 9.90 Å². The predicted molar refractivity (Wildman–Crippen MR) is 111 cm³/mol. The van der Waals surface area contributed by atoms with E-state index in [4.69, 9.17) is 5.11 Å². The Morgan fingerprint density at radius 3 is 1.84 bits per heavy atom. The van der Waals surface area contributed by atoms with Gasteiger partial charge < -0.3 is 5.11 Å². The molecule has 0 aliphatic rings. The third kappa shape index (κ3) is 12.2. The molecular formula is C22H35BrO2. The molecular weight excluding hydrogens is 376 g/mol. The molecule has 25 heavy (non-hydrogen) atoms. The summed E-state index contributed by atoms with van der Waals surface area (Å²) in [4.78, 5) is 10.9. The van der Waals surface area contributed by atoms with Crippen molar-refractivity contribution in [2.24, 2.45) is 0 Å². The van der Waals surface area contributed by atoms with Crippen LogP contribution < -0.4 is 0 Å². The van der Waals surface area contributed by atoms with Crippen LogP contribution in [-0.4, -0.2) is 16.4 Å². The third-order valence-electron chi connectivity index (χ3n) is 4.91. The first-order valence-corrected chi connectivity index (χ1v) is 11.2. The van der Waals surface area contributed by atoms with E-state index in [9.17, 15) is 4.79 Å². The van der Waals surface area contributed by atoms with Crippen LogP contribution in [0.1, 0.15) is 95.0 Å². The molecule has 0 aromatic heterocycles. The van der Waals surface area contributed by atoms with Crippen molar-refractivity contribution in [3.63, 3.8) is 0 Å². The summed E-state index contributed by atoms with van der Waals surface area (Å²) in [6.45, 7) is 0. The lowest BCUT2D eigenvalue weighted by Gasteiger charge is -2.16. The molecule has 0 heterocycles. The highest BCUT2D eigenvalue weighted by Gasteiger charge is 2.12. The highest BCUT2D eigenvalue weighted by atomic mass is 79.9. The number of halogens is 1. The molecule has 0 aliphatic heterocycles. The van der Waals surface area contributed by atoms with Crippen LogP contribution in [0.3, 0.4) is 0 Å². The van der Waals surface area contributed by atoms with Crippen LogP contribution in [0.15, 0.2) is 30.3 Å². The van der Waals surface area contributed by atoms with Crippen LogP contribution in [0.5, 0.6) is 0 Å². The van der Waals surface area contributed by atoms with E-state index in [1.54, 1.807) is 0 Å². The Balaban J connectivity index is 2.11.